The Balaban J connectivity index is 0.000000309. The molecule has 2 nitrogen and oxygen atoms in total. The zero-order chi connectivity index (χ0) is 30.4. The molecule has 0 amide bonds. The molecule has 0 saturated carbocycles. The summed E-state index contributed by atoms with van der Waals surface area (Å²) in [5, 5.41) is 1.80. The Morgan fingerprint density at radius 3 is 1.62 bits per heavy atom. The number of thiazole rings is 2. The van der Waals surface area contributed by atoms with Gasteiger partial charge in [0.05, 0.1) is 30.9 Å². The average molecular weight is 813 g/mol. The Morgan fingerprint density at radius 1 is 0.795 bits per heavy atom. The molecule has 15 heteroatoms. The molecule has 0 aliphatic carbocycles. The van der Waals surface area contributed by atoms with Gasteiger partial charge in [-0.25, -0.2) is 9.97 Å². The van der Waals surface area contributed by atoms with E-state index in [1.54, 1.807) is 29.5 Å². The summed E-state index contributed by atoms with van der Waals surface area (Å²) < 4.78 is 75.7. The number of aromatic nitrogens is 2. The summed E-state index contributed by atoms with van der Waals surface area (Å²) in [6.45, 7) is 7.36. The topological polar surface area (TPSA) is 25.8 Å². The number of benzene rings is 2. The van der Waals surface area contributed by atoms with Gasteiger partial charge in [-0.2, -0.15) is 26.3 Å². The van der Waals surface area contributed by atoms with E-state index in [2.05, 4.69) is 46.4 Å². The summed E-state index contributed by atoms with van der Waals surface area (Å²) >= 11 is 22.0. The van der Waals surface area contributed by atoms with Crippen LogP contribution in [0, 0.1) is 17.8 Å². The van der Waals surface area contributed by atoms with Crippen LogP contribution in [0.5, 0.6) is 0 Å². The van der Waals surface area contributed by atoms with E-state index in [1.807, 2.05) is 18.2 Å². The molecule has 0 saturated heterocycles. The second kappa shape index (κ2) is 14.9. The van der Waals surface area contributed by atoms with Gasteiger partial charge in [-0.15, -0.1) is 22.7 Å². The molecular weight excluding hydrogens is 791 g/mol. The van der Waals surface area contributed by atoms with Gasteiger partial charge in [0.2, 0.25) is 0 Å². The molecule has 2 heterocycles. The second-order valence-electron chi connectivity index (χ2n) is 9.24. The van der Waals surface area contributed by atoms with Gasteiger partial charge in [0.15, 0.2) is 3.92 Å². The van der Waals surface area contributed by atoms with Gasteiger partial charge >= 0.3 is 42.3 Å². The van der Waals surface area contributed by atoms with Gasteiger partial charge < -0.3 is 6.92 Å². The number of rotatable bonds is 2. The molecule has 0 radical (unpaired) electrons. The minimum atomic E-state index is -4.23. The van der Waals surface area contributed by atoms with E-state index in [0.717, 1.165) is 37.7 Å². The molecular formula is C24H22Br2Cl2F6N2S2Zn. The molecule has 0 atom stereocenters. The predicted octanol–water partition coefficient (Wildman–Crippen LogP) is 12.0. The summed E-state index contributed by atoms with van der Waals surface area (Å²) in [6.07, 6.45) is -8.52. The van der Waals surface area contributed by atoms with E-state index in [4.69, 9.17) is 23.2 Å². The van der Waals surface area contributed by atoms with Crippen LogP contribution in [0.3, 0.4) is 0 Å². The third-order valence-electron chi connectivity index (χ3n) is 4.85. The minimum absolute atomic E-state index is 0.118. The van der Waals surface area contributed by atoms with E-state index >= 15 is 0 Å². The van der Waals surface area contributed by atoms with Crippen molar-refractivity contribution in [2.45, 2.75) is 46.5 Å². The molecule has 39 heavy (non-hydrogen) atoms. The van der Waals surface area contributed by atoms with Crippen LogP contribution in [-0.4, -0.2) is 22.3 Å². The van der Waals surface area contributed by atoms with Gasteiger partial charge in [-0.1, -0.05) is 56.3 Å². The van der Waals surface area contributed by atoms with Gasteiger partial charge in [0.1, 0.15) is 0 Å². The second-order valence-corrected chi connectivity index (χ2v) is 13.5. The summed E-state index contributed by atoms with van der Waals surface area (Å²) in [7, 11) is 0. The van der Waals surface area contributed by atoms with Gasteiger partial charge in [-0.05, 0) is 52.3 Å². The average Bonchev–Trinajstić information content (AvgIpc) is 3.34. The molecule has 212 valence electrons. The van der Waals surface area contributed by atoms with Crippen molar-refractivity contribution < 1.29 is 42.7 Å². The Kier molecular flexibility index (Phi) is 14.1. The van der Waals surface area contributed by atoms with Crippen molar-refractivity contribution in [1.29, 1.82) is 0 Å². The van der Waals surface area contributed by atoms with Crippen LogP contribution in [0.25, 0.3) is 20.4 Å². The van der Waals surface area contributed by atoms with Crippen molar-refractivity contribution >= 4 is 95.9 Å². The molecule has 0 aliphatic heterocycles. The first kappa shape index (κ1) is 37.0. The Hall–Kier alpha value is -0.0366. The van der Waals surface area contributed by atoms with Crippen molar-refractivity contribution in [3.8, 4) is 0 Å². The van der Waals surface area contributed by atoms with Crippen LogP contribution in [0.1, 0.15) is 32.7 Å². The van der Waals surface area contributed by atoms with Crippen molar-refractivity contribution in [1.82, 2.24) is 9.97 Å². The standard InChI is InChI=1S/C12H11ClF3NS.C7H3BrClNS.C5H8F3.BrH.Zn/c1-11(2,12(14,15)16)6-10-17-8-4-3-7(13)5-9(8)18-10;8-7-10-5-2-1-4(9)3-6(5)11-7;1-4(2,3)5(6,7)8;;/h3-5H,6H2,1-2H3;1-3H;1H2,2-3H3;1H;/q;;-1;;+2/p-1. The molecule has 0 fully saturated rings. The summed E-state index contributed by atoms with van der Waals surface area (Å²) in [4.78, 5) is 8.44. The fourth-order valence-electron chi connectivity index (χ4n) is 2.37. The number of nitrogens with zero attached hydrogens (tertiary/aromatic N) is 2. The number of halogens is 10. The molecule has 0 spiro atoms. The molecule has 0 unspecified atom stereocenters. The molecule has 0 bridgehead atoms. The molecule has 4 aromatic rings. The monoisotopic (exact) mass is 808 g/mol. The Labute approximate surface area is 266 Å². The van der Waals surface area contributed by atoms with Crippen molar-refractivity contribution in [2.75, 3.05) is 0 Å². The van der Waals surface area contributed by atoms with Crippen LogP contribution in [0.4, 0.5) is 26.3 Å². The van der Waals surface area contributed by atoms with Crippen LogP contribution < -0.4 is 0 Å². The first-order valence-corrected chi connectivity index (χ1v) is 20.8. The molecule has 0 N–H and O–H groups in total. The third-order valence-corrected chi connectivity index (χ3v) is 7.81. The van der Waals surface area contributed by atoms with E-state index < -0.39 is 23.2 Å². The molecule has 2 aromatic heterocycles. The number of hydrogen-bond donors (Lipinski definition) is 0. The zero-order valence-corrected chi connectivity index (χ0v) is 30.4. The van der Waals surface area contributed by atoms with Crippen LogP contribution >= 0.6 is 75.4 Å². The van der Waals surface area contributed by atoms with Crippen molar-refractivity contribution in [3.63, 3.8) is 0 Å². The quantitative estimate of drug-likeness (QED) is 0.114. The summed E-state index contributed by atoms with van der Waals surface area (Å²) in [6, 6.07) is 10.8. The predicted molar refractivity (Wildman–Crippen MR) is 155 cm³/mol. The number of hydrogen-bond acceptors (Lipinski definition) is 4. The maximum atomic E-state index is 12.8. The normalized spacial score (nSPS) is 12.2. The summed E-state index contributed by atoms with van der Waals surface area (Å²) in [5.41, 5.74) is -1.90. The first-order valence-electron chi connectivity index (χ1n) is 10.7. The van der Waals surface area contributed by atoms with Crippen molar-refractivity contribution in [3.05, 3.63) is 62.3 Å². The van der Waals surface area contributed by atoms with Crippen LogP contribution in [0.2, 0.25) is 10.0 Å². The van der Waals surface area contributed by atoms with E-state index in [9.17, 15) is 26.3 Å². The molecule has 4 rings (SSSR count). The van der Waals surface area contributed by atoms with Crippen molar-refractivity contribution in [2.24, 2.45) is 10.8 Å². The molecule has 0 aliphatic rings. The SMILES string of the molecule is CC(C)(Cc1nc2ccc(Cl)cc2s1)C(F)(F)F.Clc1ccc2nc(Br)sc2c1.[CH2-]C(C)(C)C(F)(F)F.[Zn+][Br]. The fourth-order valence-corrected chi connectivity index (χ4v) is 5.52. The first-order chi connectivity index (χ1) is 17.7. The zero-order valence-electron chi connectivity index (χ0n) is 21.1. The maximum absolute atomic E-state index is 12.8. The van der Waals surface area contributed by atoms with E-state index in [1.165, 1.54) is 41.5 Å². The van der Waals surface area contributed by atoms with Gasteiger partial charge in [0, 0.05) is 16.5 Å². The number of alkyl halides is 6. The van der Waals surface area contributed by atoms with Crippen LogP contribution in [0.15, 0.2) is 40.3 Å². The molecule has 2 aromatic carbocycles. The Bertz CT molecular complexity index is 1340. The van der Waals surface area contributed by atoms with Gasteiger partial charge in [0.25, 0.3) is 0 Å². The van der Waals surface area contributed by atoms with E-state index in [-0.39, 0.29) is 6.42 Å². The van der Waals surface area contributed by atoms with Gasteiger partial charge in [-0.3, -0.25) is 0 Å². The Morgan fingerprint density at radius 2 is 1.21 bits per heavy atom. The van der Waals surface area contributed by atoms with E-state index in [0.29, 0.717) is 15.5 Å². The number of fused-ring (bicyclic) bond motifs is 2. The third kappa shape index (κ3) is 11.6. The summed E-state index contributed by atoms with van der Waals surface area (Å²) in [5.74, 6) is 0. The van der Waals surface area contributed by atoms with Crippen LogP contribution in [-0.2, 0) is 22.8 Å². The fraction of sp³-hybridized carbons (Fsp3) is 0.375.